The number of rotatable bonds is 5. The van der Waals surface area contributed by atoms with Crippen LogP contribution in [0.5, 0.6) is 0 Å². The van der Waals surface area contributed by atoms with E-state index in [9.17, 15) is 9.59 Å². The maximum atomic E-state index is 12.0. The van der Waals surface area contributed by atoms with Crippen LogP contribution in [0.2, 0.25) is 5.02 Å². The molecule has 0 saturated carbocycles. The lowest BCUT2D eigenvalue weighted by molar-refractivity contribution is -0.123. The molecule has 5 heteroatoms. The molecule has 0 aromatic heterocycles. The Hall–Kier alpha value is -1.55. The average Bonchev–Trinajstić information content (AvgIpc) is 2.33. The van der Waals surface area contributed by atoms with Crippen LogP contribution in [0.25, 0.3) is 0 Å². The van der Waals surface area contributed by atoms with E-state index in [1.807, 2.05) is 33.8 Å². The second-order valence-corrected chi connectivity index (χ2v) is 6.12. The molecule has 2 amide bonds. The van der Waals surface area contributed by atoms with Crippen molar-refractivity contribution < 1.29 is 9.59 Å². The zero-order chi connectivity index (χ0) is 16.2. The van der Waals surface area contributed by atoms with Crippen molar-refractivity contribution in [1.29, 1.82) is 0 Å². The molecule has 0 radical (unpaired) electrons. The van der Waals surface area contributed by atoms with Crippen molar-refractivity contribution in [3.63, 3.8) is 0 Å². The maximum absolute atomic E-state index is 12.0. The molecule has 0 aliphatic heterocycles. The molecule has 116 valence electrons. The van der Waals surface area contributed by atoms with Gasteiger partial charge in [-0.1, -0.05) is 31.5 Å². The molecule has 1 aromatic carbocycles. The van der Waals surface area contributed by atoms with Gasteiger partial charge in [0.1, 0.15) is 6.54 Å². The number of benzene rings is 1. The average molecular weight is 311 g/mol. The summed E-state index contributed by atoms with van der Waals surface area (Å²) in [6.07, 6.45) is 0. The van der Waals surface area contributed by atoms with Gasteiger partial charge in [0.25, 0.3) is 0 Å². The van der Waals surface area contributed by atoms with Gasteiger partial charge < -0.3 is 10.2 Å². The molecule has 4 nitrogen and oxygen atoms in total. The number of amides is 2. The first-order chi connectivity index (χ1) is 9.72. The Kier molecular flexibility index (Phi) is 6.21. The SMILES string of the molecule is CC(=O)N(CC(=O)NCC(C)C)c1c(C)cc(C)cc1Cl. The van der Waals surface area contributed by atoms with Crippen LogP contribution in [0.4, 0.5) is 5.69 Å². The summed E-state index contributed by atoms with van der Waals surface area (Å²) in [5.74, 6) is -0.0251. The highest BCUT2D eigenvalue weighted by molar-refractivity contribution is 6.34. The van der Waals surface area contributed by atoms with Crippen molar-refractivity contribution >= 4 is 29.1 Å². The number of carbonyl (C=O) groups excluding carboxylic acids is 2. The van der Waals surface area contributed by atoms with Gasteiger partial charge in [0.2, 0.25) is 11.8 Å². The predicted octanol–water partition coefficient (Wildman–Crippen LogP) is 3.08. The first-order valence-corrected chi connectivity index (χ1v) is 7.41. The van der Waals surface area contributed by atoms with E-state index >= 15 is 0 Å². The van der Waals surface area contributed by atoms with Crippen LogP contribution in [0.1, 0.15) is 31.9 Å². The van der Waals surface area contributed by atoms with Gasteiger partial charge >= 0.3 is 0 Å². The van der Waals surface area contributed by atoms with E-state index in [0.717, 1.165) is 11.1 Å². The second-order valence-electron chi connectivity index (χ2n) is 5.72. The molecular formula is C16H23ClN2O2. The monoisotopic (exact) mass is 310 g/mol. The molecule has 0 spiro atoms. The lowest BCUT2D eigenvalue weighted by Gasteiger charge is -2.24. The molecule has 0 fully saturated rings. The lowest BCUT2D eigenvalue weighted by Crippen LogP contribution is -2.41. The minimum atomic E-state index is -0.205. The fourth-order valence-corrected chi connectivity index (χ4v) is 2.54. The predicted molar refractivity (Wildman–Crippen MR) is 86.8 cm³/mol. The van der Waals surface area contributed by atoms with Crippen LogP contribution < -0.4 is 10.2 Å². The summed E-state index contributed by atoms with van der Waals surface area (Å²) in [6, 6.07) is 3.75. The summed E-state index contributed by atoms with van der Waals surface area (Å²) in [4.78, 5) is 25.3. The third-order valence-electron chi connectivity index (χ3n) is 3.06. The van der Waals surface area contributed by atoms with Crippen molar-refractivity contribution in [2.75, 3.05) is 18.0 Å². The normalized spacial score (nSPS) is 10.6. The number of nitrogens with one attached hydrogen (secondary N) is 1. The molecule has 0 heterocycles. The number of nitrogens with zero attached hydrogens (tertiary/aromatic N) is 1. The van der Waals surface area contributed by atoms with Crippen LogP contribution in [0.15, 0.2) is 12.1 Å². The third-order valence-corrected chi connectivity index (χ3v) is 3.35. The molecule has 1 N–H and O–H groups in total. The van der Waals surface area contributed by atoms with Crippen molar-refractivity contribution in [2.45, 2.75) is 34.6 Å². The number of anilines is 1. The summed E-state index contributed by atoms with van der Waals surface area (Å²) >= 11 is 6.26. The van der Waals surface area contributed by atoms with Crippen LogP contribution in [-0.2, 0) is 9.59 Å². The molecule has 0 aliphatic rings. The van der Waals surface area contributed by atoms with Gasteiger partial charge in [0, 0.05) is 13.5 Å². The topological polar surface area (TPSA) is 49.4 Å². The molecule has 0 aliphatic carbocycles. The van der Waals surface area contributed by atoms with E-state index in [0.29, 0.717) is 23.2 Å². The molecule has 0 bridgehead atoms. The minimum absolute atomic E-state index is 0.0221. The Balaban J connectivity index is 2.98. The zero-order valence-corrected chi connectivity index (χ0v) is 14.0. The van der Waals surface area contributed by atoms with Crippen molar-refractivity contribution in [3.05, 3.63) is 28.3 Å². The molecule has 0 unspecified atom stereocenters. The van der Waals surface area contributed by atoms with Crippen LogP contribution in [0, 0.1) is 19.8 Å². The Morgan fingerprint density at radius 3 is 2.38 bits per heavy atom. The van der Waals surface area contributed by atoms with Gasteiger partial charge in [-0.15, -0.1) is 0 Å². The van der Waals surface area contributed by atoms with Gasteiger partial charge in [-0.3, -0.25) is 9.59 Å². The first kappa shape index (κ1) is 17.5. The fraction of sp³-hybridized carbons (Fsp3) is 0.500. The number of hydrogen-bond donors (Lipinski definition) is 1. The van der Waals surface area contributed by atoms with E-state index in [4.69, 9.17) is 11.6 Å². The molecule has 0 atom stereocenters. The van der Waals surface area contributed by atoms with E-state index in [-0.39, 0.29) is 18.4 Å². The van der Waals surface area contributed by atoms with Crippen molar-refractivity contribution in [2.24, 2.45) is 5.92 Å². The lowest BCUT2D eigenvalue weighted by atomic mass is 10.1. The Bertz CT molecular complexity index is 518. The molecule has 0 saturated heterocycles. The van der Waals surface area contributed by atoms with E-state index in [1.165, 1.54) is 11.8 Å². The summed E-state index contributed by atoms with van der Waals surface area (Å²) in [5, 5.41) is 3.30. The molecular weight excluding hydrogens is 288 g/mol. The third kappa shape index (κ3) is 5.05. The highest BCUT2D eigenvalue weighted by Crippen LogP contribution is 2.31. The van der Waals surface area contributed by atoms with Crippen LogP contribution >= 0.6 is 11.6 Å². The summed E-state index contributed by atoms with van der Waals surface area (Å²) < 4.78 is 0. The Morgan fingerprint density at radius 2 is 1.90 bits per heavy atom. The Labute approximate surface area is 131 Å². The quantitative estimate of drug-likeness (QED) is 0.908. The van der Waals surface area contributed by atoms with Gasteiger partial charge in [0.15, 0.2) is 0 Å². The van der Waals surface area contributed by atoms with Crippen LogP contribution in [-0.4, -0.2) is 24.9 Å². The molecule has 1 rings (SSSR count). The smallest absolute Gasteiger partial charge is 0.240 e. The van der Waals surface area contributed by atoms with E-state index in [2.05, 4.69) is 5.32 Å². The number of aryl methyl sites for hydroxylation is 2. The van der Waals surface area contributed by atoms with Crippen molar-refractivity contribution in [1.82, 2.24) is 5.32 Å². The summed E-state index contributed by atoms with van der Waals surface area (Å²) in [7, 11) is 0. The highest BCUT2D eigenvalue weighted by atomic mass is 35.5. The summed E-state index contributed by atoms with van der Waals surface area (Å²) in [6.45, 7) is 9.86. The van der Waals surface area contributed by atoms with E-state index in [1.54, 1.807) is 6.07 Å². The first-order valence-electron chi connectivity index (χ1n) is 7.04. The van der Waals surface area contributed by atoms with Gasteiger partial charge in [-0.05, 0) is 37.0 Å². The number of carbonyl (C=O) groups is 2. The number of halogens is 1. The zero-order valence-electron chi connectivity index (χ0n) is 13.3. The number of hydrogen-bond acceptors (Lipinski definition) is 2. The van der Waals surface area contributed by atoms with Crippen LogP contribution in [0.3, 0.4) is 0 Å². The van der Waals surface area contributed by atoms with E-state index < -0.39 is 0 Å². The Morgan fingerprint density at radius 1 is 1.29 bits per heavy atom. The highest BCUT2D eigenvalue weighted by Gasteiger charge is 2.20. The standard InChI is InChI=1S/C16H23ClN2O2/c1-10(2)8-18-15(21)9-19(13(5)20)16-12(4)6-11(3)7-14(16)17/h6-7,10H,8-9H2,1-5H3,(H,18,21). The minimum Gasteiger partial charge on any atom is -0.354 e. The second kappa shape index (κ2) is 7.46. The van der Waals surface area contributed by atoms with Gasteiger partial charge in [0.05, 0.1) is 10.7 Å². The molecule has 21 heavy (non-hydrogen) atoms. The van der Waals surface area contributed by atoms with Gasteiger partial charge in [-0.25, -0.2) is 0 Å². The molecule has 1 aromatic rings. The van der Waals surface area contributed by atoms with Gasteiger partial charge in [-0.2, -0.15) is 0 Å². The fourth-order valence-electron chi connectivity index (χ4n) is 2.12. The largest absolute Gasteiger partial charge is 0.354 e. The maximum Gasteiger partial charge on any atom is 0.240 e. The van der Waals surface area contributed by atoms with Crippen molar-refractivity contribution in [3.8, 4) is 0 Å². The summed E-state index contributed by atoms with van der Waals surface area (Å²) in [5.41, 5.74) is 2.51.